The fourth-order valence-electron chi connectivity index (χ4n) is 3.97. The highest BCUT2D eigenvalue weighted by molar-refractivity contribution is 5.94. The van der Waals surface area contributed by atoms with Crippen LogP contribution in [0.2, 0.25) is 0 Å². The van der Waals surface area contributed by atoms with Gasteiger partial charge in [-0.2, -0.15) is 5.10 Å². The minimum absolute atomic E-state index is 0.00776. The molecule has 0 aliphatic carbocycles. The second kappa shape index (κ2) is 8.69. The molecule has 0 bridgehead atoms. The summed E-state index contributed by atoms with van der Waals surface area (Å²) in [5, 5.41) is 7.05. The zero-order valence-electron chi connectivity index (χ0n) is 17.9. The Morgan fingerprint density at radius 2 is 1.77 bits per heavy atom. The number of nitrogens with one attached hydrogen (secondary N) is 1. The van der Waals surface area contributed by atoms with E-state index in [0.29, 0.717) is 37.3 Å². The molecule has 1 aliphatic heterocycles. The molecule has 1 aliphatic rings. The molecule has 1 fully saturated rings. The van der Waals surface area contributed by atoms with Crippen molar-refractivity contribution in [3.8, 4) is 0 Å². The van der Waals surface area contributed by atoms with Gasteiger partial charge in [0.15, 0.2) is 6.61 Å². The summed E-state index contributed by atoms with van der Waals surface area (Å²) < 4.78 is 7.16. The van der Waals surface area contributed by atoms with E-state index in [4.69, 9.17) is 4.74 Å². The smallest absolute Gasteiger partial charge is 0.317 e. The van der Waals surface area contributed by atoms with E-state index >= 15 is 0 Å². The molecule has 0 spiro atoms. The summed E-state index contributed by atoms with van der Waals surface area (Å²) in [6, 6.07) is 9.43. The Kier molecular flexibility index (Phi) is 6.24. The van der Waals surface area contributed by atoms with Gasteiger partial charge in [0, 0.05) is 27.1 Å². The monoisotopic (exact) mass is 412 g/mol. The Balaban J connectivity index is 1.71. The Hall–Kier alpha value is -3.16. The SMILES string of the molecule is CC(=O)N1CCC(C(=O)OCC(=O)Nc2c(C)nn(C)c2C)(c2ccccc2)CC1. The first-order valence-electron chi connectivity index (χ1n) is 10.0. The predicted octanol–water partition coefficient (Wildman–Crippen LogP) is 2.10. The molecule has 1 saturated heterocycles. The van der Waals surface area contributed by atoms with E-state index in [0.717, 1.165) is 11.3 Å². The number of hydrogen-bond acceptors (Lipinski definition) is 5. The zero-order valence-corrected chi connectivity index (χ0v) is 17.9. The maximum atomic E-state index is 13.2. The third kappa shape index (κ3) is 4.22. The van der Waals surface area contributed by atoms with Crippen molar-refractivity contribution in [3.63, 3.8) is 0 Å². The van der Waals surface area contributed by atoms with Gasteiger partial charge in [-0.05, 0) is 32.3 Å². The minimum atomic E-state index is -0.867. The molecule has 30 heavy (non-hydrogen) atoms. The number of carbonyl (C=O) groups is 3. The van der Waals surface area contributed by atoms with Gasteiger partial charge in [-0.15, -0.1) is 0 Å². The van der Waals surface area contributed by atoms with Gasteiger partial charge in [0.2, 0.25) is 5.91 Å². The topological polar surface area (TPSA) is 93.5 Å². The fraction of sp³-hybridized carbons (Fsp3) is 0.455. The van der Waals surface area contributed by atoms with E-state index in [1.165, 1.54) is 6.92 Å². The predicted molar refractivity (Wildman–Crippen MR) is 112 cm³/mol. The van der Waals surface area contributed by atoms with Crippen LogP contribution >= 0.6 is 0 Å². The van der Waals surface area contributed by atoms with E-state index in [2.05, 4.69) is 10.4 Å². The van der Waals surface area contributed by atoms with Crippen molar-refractivity contribution in [2.75, 3.05) is 25.0 Å². The lowest BCUT2D eigenvalue weighted by molar-refractivity contribution is -0.156. The Bertz CT molecular complexity index is 944. The molecule has 1 N–H and O–H groups in total. The number of esters is 1. The summed E-state index contributed by atoms with van der Waals surface area (Å²) in [6.07, 6.45) is 0.912. The number of likely N-dealkylation sites (tertiary alicyclic amines) is 1. The molecule has 0 atom stereocenters. The van der Waals surface area contributed by atoms with Crippen LogP contribution < -0.4 is 5.32 Å². The van der Waals surface area contributed by atoms with Crippen molar-refractivity contribution < 1.29 is 19.1 Å². The van der Waals surface area contributed by atoms with Gasteiger partial charge < -0.3 is 15.0 Å². The average Bonchev–Trinajstić information content (AvgIpc) is 2.98. The molecule has 3 rings (SSSR count). The van der Waals surface area contributed by atoms with E-state index < -0.39 is 17.3 Å². The normalized spacial score (nSPS) is 15.5. The van der Waals surface area contributed by atoms with Crippen molar-refractivity contribution in [2.24, 2.45) is 7.05 Å². The second-order valence-electron chi connectivity index (χ2n) is 7.75. The molecule has 0 radical (unpaired) electrons. The number of nitrogens with zero attached hydrogens (tertiary/aromatic N) is 3. The number of anilines is 1. The lowest BCUT2D eigenvalue weighted by Crippen LogP contribution is -2.49. The van der Waals surface area contributed by atoms with Gasteiger partial charge in [0.1, 0.15) is 0 Å². The summed E-state index contributed by atoms with van der Waals surface area (Å²) in [7, 11) is 1.80. The van der Waals surface area contributed by atoms with Crippen LogP contribution in [-0.4, -0.2) is 52.2 Å². The van der Waals surface area contributed by atoms with Gasteiger partial charge in [-0.1, -0.05) is 30.3 Å². The van der Waals surface area contributed by atoms with Crippen molar-refractivity contribution >= 4 is 23.5 Å². The van der Waals surface area contributed by atoms with Crippen molar-refractivity contribution in [3.05, 3.63) is 47.3 Å². The molecule has 8 nitrogen and oxygen atoms in total. The number of rotatable bonds is 5. The third-order valence-electron chi connectivity index (χ3n) is 5.89. The molecule has 8 heteroatoms. The highest BCUT2D eigenvalue weighted by atomic mass is 16.5. The molecule has 0 unspecified atom stereocenters. The van der Waals surface area contributed by atoms with Gasteiger partial charge in [0.25, 0.3) is 5.91 Å². The van der Waals surface area contributed by atoms with Crippen LogP contribution in [0.3, 0.4) is 0 Å². The number of piperidine rings is 1. The lowest BCUT2D eigenvalue weighted by Gasteiger charge is -2.40. The number of ether oxygens (including phenoxy) is 1. The summed E-state index contributed by atoms with van der Waals surface area (Å²) in [6.45, 7) is 5.76. The van der Waals surface area contributed by atoms with Crippen LogP contribution in [0.1, 0.15) is 36.7 Å². The highest BCUT2D eigenvalue weighted by Gasteiger charge is 2.44. The molecule has 2 aromatic rings. The Labute approximate surface area is 176 Å². The summed E-state index contributed by atoms with van der Waals surface area (Å²) in [5.74, 6) is -0.856. The largest absolute Gasteiger partial charge is 0.455 e. The maximum absolute atomic E-state index is 13.2. The first-order chi connectivity index (χ1) is 14.2. The van der Waals surface area contributed by atoms with Crippen molar-refractivity contribution in [1.29, 1.82) is 0 Å². The quantitative estimate of drug-likeness (QED) is 0.759. The van der Waals surface area contributed by atoms with Gasteiger partial charge in [-0.25, -0.2) is 0 Å². The molecular weight excluding hydrogens is 384 g/mol. The summed E-state index contributed by atoms with van der Waals surface area (Å²) >= 11 is 0. The summed E-state index contributed by atoms with van der Waals surface area (Å²) in [4.78, 5) is 39.0. The molecule has 0 saturated carbocycles. The van der Waals surface area contributed by atoms with Gasteiger partial charge in [0.05, 0.1) is 22.5 Å². The van der Waals surface area contributed by atoms with Crippen molar-refractivity contribution in [1.82, 2.24) is 14.7 Å². The Morgan fingerprint density at radius 1 is 1.13 bits per heavy atom. The number of benzene rings is 1. The number of aryl methyl sites for hydroxylation is 2. The van der Waals surface area contributed by atoms with Crippen LogP contribution in [0.25, 0.3) is 0 Å². The van der Waals surface area contributed by atoms with Gasteiger partial charge in [-0.3, -0.25) is 19.1 Å². The van der Waals surface area contributed by atoms with E-state index in [1.54, 1.807) is 16.6 Å². The first-order valence-corrected chi connectivity index (χ1v) is 10.0. The molecule has 2 heterocycles. The molecule has 2 amide bonds. The summed E-state index contributed by atoms with van der Waals surface area (Å²) in [5.41, 5.74) is 2.13. The first kappa shape index (κ1) is 21.5. The van der Waals surface area contributed by atoms with E-state index in [1.807, 2.05) is 44.2 Å². The van der Waals surface area contributed by atoms with Gasteiger partial charge >= 0.3 is 5.97 Å². The van der Waals surface area contributed by atoms with Crippen LogP contribution in [-0.2, 0) is 31.6 Å². The van der Waals surface area contributed by atoms with Crippen LogP contribution in [0.5, 0.6) is 0 Å². The minimum Gasteiger partial charge on any atom is -0.455 e. The van der Waals surface area contributed by atoms with E-state index in [-0.39, 0.29) is 12.5 Å². The number of aromatic nitrogens is 2. The van der Waals surface area contributed by atoms with E-state index in [9.17, 15) is 14.4 Å². The number of hydrogen-bond donors (Lipinski definition) is 1. The Morgan fingerprint density at radius 3 is 2.30 bits per heavy atom. The van der Waals surface area contributed by atoms with Crippen molar-refractivity contribution in [2.45, 2.75) is 39.0 Å². The van der Waals surface area contributed by atoms with Crippen LogP contribution in [0.4, 0.5) is 5.69 Å². The third-order valence-corrected chi connectivity index (χ3v) is 5.89. The fourth-order valence-corrected chi connectivity index (χ4v) is 3.97. The molecule has 160 valence electrons. The maximum Gasteiger partial charge on any atom is 0.317 e. The lowest BCUT2D eigenvalue weighted by atomic mass is 9.72. The highest BCUT2D eigenvalue weighted by Crippen LogP contribution is 2.37. The average molecular weight is 412 g/mol. The standard InChI is InChI=1S/C22H28N4O4/c1-15-20(16(2)25(4)24-15)23-19(28)14-30-21(29)22(18-8-6-5-7-9-18)10-12-26(13-11-22)17(3)27/h5-9H,10-14H2,1-4H3,(H,23,28). The number of carbonyl (C=O) groups excluding carboxylic acids is 3. The zero-order chi connectivity index (χ0) is 21.9. The molecule has 1 aromatic carbocycles. The number of amides is 2. The molecular formula is C22H28N4O4. The molecule has 1 aromatic heterocycles. The van der Waals surface area contributed by atoms with Crippen LogP contribution in [0.15, 0.2) is 30.3 Å². The second-order valence-corrected chi connectivity index (χ2v) is 7.75. The van der Waals surface area contributed by atoms with Crippen LogP contribution in [0, 0.1) is 13.8 Å².